The minimum absolute atomic E-state index is 0.831. The molecule has 0 bridgehead atoms. The summed E-state index contributed by atoms with van der Waals surface area (Å²) < 4.78 is 0. The highest BCUT2D eigenvalue weighted by Gasteiger charge is 2.35. The van der Waals surface area contributed by atoms with E-state index in [0.29, 0.717) is 0 Å². The lowest BCUT2D eigenvalue weighted by Gasteiger charge is -2.34. The van der Waals surface area contributed by atoms with E-state index in [-0.39, 0.29) is 0 Å². The van der Waals surface area contributed by atoms with Crippen molar-refractivity contribution in [3.05, 3.63) is 0 Å². The highest BCUT2D eigenvalue weighted by Crippen LogP contribution is 2.26. The fraction of sp³-hybridized carbons (Fsp3) is 1.00. The average molecular weight is 199 g/mol. The lowest BCUT2D eigenvalue weighted by Crippen LogP contribution is -2.48. The van der Waals surface area contributed by atoms with Crippen molar-refractivity contribution in [2.24, 2.45) is 5.92 Å². The molecule has 0 spiro atoms. The van der Waals surface area contributed by atoms with Crippen molar-refractivity contribution < 1.29 is 0 Å². The van der Waals surface area contributed by atoms with E-state index in [0.717, 1.165) is 11.6 Å². The topological polar surface area (TPSA) is 3.24 Å². The smallest absolute Gasteiger partial charge is 0.0638 e. The fourth-order valence-electron chi connectivity index (χ4n) is 2.49. The monoisotopic (exact) mass is 199 g/mol. The van der Waals surface area contributed by atoms with Crippen LogP contribution in [0.25, 0.3) is 0 Å². The van der Waals surface area contributed by atoms with Gasteiger partial charge < -0.3 is 4.90 Å². The van der Waals surface area contributed by atoms with Crippen molar-refractivity contribution in [3.63, 3.8) is 0 Å². The first kappa shape index (κ1) is 11.3. The molecular formula is C11H25NSi. The lowest BCUT2D eigenvalue weighted by atomic mass is 10.2. The summed E-state index contributed by atoms with van der Waals surface area (Å²) in [6, 6.07) is 0. The van der Waals surface area contributed by atoms with Gasteiger partial charge in [-0.3, -0.25) is 0 Å². The maximum Gasteiger partial charge on any atom is 0.0638 e. The van der Waals surface area contributed by atoms with Crippen LogP contribution >= 0.6 is 0 Å². The Hall–Kier alpha value is 0.177. The molecule has 0 aliphatic carbocycles. The Balaban J connectivity index is 2.54. The van der Waals surface area contributed by atoms with Crippen molar-refractivity contribution in [1.29, 1.82) is 0 Å². The summed E-state index contributed by atoms with van der Waals surface area (Å²) in [4.78, 5) is 2.75. The van der Waals surface area contributed by atoms with E-state index in [1.54, 1.807) is 0 Å². The van der Waals surface area contributed by atoms with Crippen LogP contribution in [0.4, 0.5) is 0 Å². The zero-order valence-corrected chi connectivity index (χ0v) is 10.9. The third kappa shape index (κ3) is 3.10. The van der Waals surface area contributed by atoms with Crippen molar-refractivity contribution in [2.75, 3.05) is 13.1 Å². The van der Waals surface area contributed by atoms with Crippen LogP contribution in [-0.4, -0.2) is 31.7 Å². The second-order valence-electron chi connectivity index (χ2n) is 5.91. The third-order valence-corrected chi connectivity index (χ3v) is 5.62. The lowest BCUT2D eigenvalue weighted by molar-refractivity contribution is 0.269. The molecule has 0 aromatic rings. The molecule has 1 aliphatic rings. The third-order valence-electron chi connectivity index (χ3n) is 2.96. The molecule has 78 valence electrons. The molecule has 0 N–H and O–H groups in total. The first-order valence-corrected chi connectivity index (χ1v) is 9.23. The van der Waals surface area contributed by atoms with Gasteiger partial charge in [0.05, 0.1) is 8.07 Å². The predicted octanol–water partition coefficient (Wildman–Crippen LogP) is 2.98. The summed E-state index contributed by atoms with van der Waals surface area (Å²) >= 11 is 0. The Morgan fingerprint density at radius 3 is 2.38 bits per heavy atom. The van der Waals surface area contributed by atoms with Crippen LogP contribution in [0.2, 0.25) is 19.6 Å². The number of likely N-dealkylation sites (tertiary alicyclic amines) is 1. The van der Waals surface area contributed by atoms with Crippen LogP contribution < -0.4 is 0 Å². The minimum Gasteiger partial charge on any atom is -0.303 e. The SMILES string of the molecule is CC(C)CN1CCC[C@H]1[Si](C)(C)C. The van der Waals surface area contributed by atoms with E-state index in [2.05, 4.69) is 38.4 Å². The summed E-state index contributed by atoms with van der Waals surface area (Å²) in [5, 5.41) is 0. The average Bonchev–Trinajstić information content (AvgIpc) is 2.31. The number of nitrogens with zero attached hydrogens (tertiary/aromatic N) is 1. The molecule has 1 saturated heterocycles. The molecule has 13 heavy (non-hydrogen) atoms. The van der Waals surface area contributed by atoms with Gasteiger partial charge in [-0.15, -0.1) is 0 Å². The summed E-state index contributed by atoms with van der Waals surface area (Å²) in [6.45, 7) is 14.9. The van der Waals surface area contributed by atoms with Gasteiger partial charge in [-0.05, 0) is 25.3 Å². The zero-order valence-electron chi connectivity index (χ0n) is 9.93. The Morgan fingerprint density at radius 1 is 1.31 bits per heavy atom. The molecule has 0 unspecified atom stereocenters. The molecule has 0 amide bonds. The zero-order chi connectivity index (χ0) is 10.1. The van der Waals surface area contributed by atoms with Gasteiger partial charge in [-0.25, -0.2) is 0 Å². The normalized spacial score (nSPS) is 25.8. The highest BCUT2D eigenvalue weighted by atomic mass is 28.3. The van der Waals surface area contributed by atoms with Gasteiger partial charge in [0.2, 0.25) is 0 Å². The second kappa shape index (κ2) is 4.14. The Kier molecular flexibility index (Phi) is 3.58. The molecule has 0 aromatic heterocycles. The second-order valence-corrected chi connectivity index (χ2v) is 11.3. The minimum atomic E-state index is -0.928. The Bertz CT molecular complexity index is 160. The molecule has 2 heteroatoms. The molecule has 1 rings (SSSR count). The molecule has 0 radical (unpaired) electrons. The van der Waals surface area contributed by atoms with E-state index >= 15 is 0 Å². The van der Waals surface area contributed by atoms with Crippen LogP contribution in [-0.2, 0) is 0 Å². The van der Waals surface area contributed by atoms with Crippen LogP contribution in [0, 0.1) is 5.92 Å². The summed E-state index contributed by atoms with van der Waals surface area (Å²) in [6.07, 6.45) is 2.89. The summed E-state index contributed by atoms with van der Waals surface area (Å²) in [7, 11) is -0.928. The number of hydrogen-bond acceptors (Lipinski definition) is 1. The van der Waals surface area contributed by atoms with Gasteiger partial charge >= 0.3 is 0 Å². The molecular weight excluding hydrogens is 174 g/mol. The molecule has 0 saturated carbocycles. The van der Waals surface area contributed by atoms with Crippen molar-refractivity contribution in [3.8, 4) is 0 Å². The summed E-state index contributed by atoms with van der Waals surface area (Å²) in [5.41, 5.74) is 0.954. The largest absolute Gasteiger partial charge is 0.303 e. The first-order valence-electron chi connectivity index (χ1n) is 5.65. The van der Waals surface area contributed by atoms with Crippen LogP contribution in [0.3, 0.4) is 0 Å². The van der Waals surface area contributed by atoms with Crippen LogP contribution in [0.5, 0.6) is 0 Å². The Labute approximate surface area is 84.5 Å². The maximum absolute atomic E-state index is 2.75. The van der Waals surface area contributed by atoms with Crippen LogP contribution in [0.15, 0.2) is 0 Å². The van der Waals surface area contributed by atoms with E-state index in [9.17, 15) is 0 Å². The molecule has 1 atom stereocenters. The maximum atomic E-state index is 2.75. The predicted molar refractivity (Wildman–Crippen MR) is 62.8 cm³/mol. The first-order chi connectivity index (χ1) is 5.91. The van der Waals surface area contributed by atoms with E-state index < -0.39 is 8.07 Å². The number of hydrogen-bond donors (Lipinski definition) is 0. The standard InChI is InChI=1S/C11H25NSi/c1-10(2)9-12-8-6-7-11(12)13(3,4)5/h10-11H,6-9H2,1-5H3/t11-/m1/s1. The fourth-order valence-corrected chi connectivity index (χ4v) is 4.89. The van der Waals surface area contributed by atoms with E-state index in [4.69, 9.17) is 0 Å². The van der Waals surface area contributed by atoms with Crippen LogP contribution in [0.1, 0.15) is 26.7 Å². The number of rotatable bonds is 3. The molecule has 1 fully saturated rings. The van der Waals surface area contributed by atoms with Crippen molar-refractivity contribution in [2.45, 2.75) is 52.0 Å². The molecule has 1 heterocycles. The quantitative estimate of drug-likeness (QED) is 0.632. The van der Waals surface area contributed by atoms with Gasteiger partial charge in [-0.2, -0.15) is 0 Å². The highest BCUT2D eigenvalue weighted by molar-refractivity contribution is 6.77. The molecule has 1 aliphatic heterocycles. The Morgan fingerprint density at radius 2 is 1.92 bits per heavy atom. The van der Waals surface area contributed by atoms with Gasteiger partial charge in [0.15, 0.2) is 0 Å². The van der Waals surface area contributed by atoms with Gasteiger partial charge in [0.25, 0.3) is 0 Å². The molecule has 1 nitrogen and oxygen atoms in total. The van der Waals surface area contributed by atoms with Gasteiger partial charge in [0, 0.05) is 12.2 Å². The summed E-state index contributed by atoms with van der Waals surface area (Å²) in [5.74, 6) is 0.831. The van der Waals surface area contributed by atoms with Gasteiger partial charge in [0.1, 0.15) is 0 Å². The van der Waals surface area contributed by atoms with Crippen molar-refractivity contribution >= 4 is 8.07 Å². The van der Waals surface area contributed by atoms with Gasteiger partial charge in [-0.1, -0.05) is 33.5 Å². The van der Waals surface area contributed by atoms with E-state index in [1.807, 2.05) is 0 Å². The molecule has 0 aromatic carbocycles. The van der Waals surface area contributed by atoms with Crippen molar-refractivity contribution in [1.82, 2.24) is 4.90 Å². The van der Waals surface area contributed by atoms with E-state index in [1.165, 1.54) is 25.9 Å².